The number of nitrogens with one attached hydrogen (secondary N) is 3. The standard InChI is InChI=1S/C25H32N6O2/c1-3-30(4-2)15-12-27-24(32)22-17-21(10-11-23(22)31-13-5-6-14-31)29-25(33)28-20-9-7-8-19(16-20)18-26/h7-11,16-17H,3-6,12-15H2,1-2H3,(H,27,32)(H2,28,29,33). The number of carbonyl (C=O) groups is 2. The molecule has 1 heterocycles. The second-order valence-electron chi connectivity index (χ2n) is 7.98. The fraction of sp³-hybridized carbons (Fsp3) is 0.400. The average Bonchev–Trinajstić information content (AvgIpc) is 3.36. The molecule has 174 valence electrons. The van der Waals surface area contributed by atoms with Gasteiger partial charge in [-0.25, -0.2) is 4.79 Å². The lowest BCUT2D eigenvalue weighted by Crippen LogP contribution is -2.35. The number of nitriles is 1. The van der Waals surface area contributed by atoms with Gasteiger partial charge in [0.25, 0.3) is 5.91 Å². The largest absolute Gasteiger partial charge is 0.371 e. The number of benzene rings is 2. The molecule has 0 bridgehead atoms. The number of likely N-dealkylation sites (N-methyl/N-ethyl adjacent to an activating group) is 1. The van der Waals surface area contributed by atoms with E-state index in [2.05, 4.69) is 45.7 Å². The van der Waals surface area contributed by atoms with Crippen LogP contribution in [-0.4, -0.2) is 56.1 Å². The fourth-order valence-corrected chi connectivity index (χ4v) is 3.95. The number of carbonyl (C=O) groups excluding carboxylic acids is 2. The van der Waals surface area contributed by atoms with Gasteiger partial charge in [0.15, 0.2) is 0 Å². The summed E-state index contributed by atoms with van der Waals surface area (Å²) in [6.45, 7) is 9.28. The molecule has 0 unspecified atom stereocenters. The van der Waals surface area contributed by atoms with Crippen LogP contribution in [0.5, 0.6) is 0 Å². The van der Waals surface area contributed by atoms with Crippen molar-refractivity contribution in [2.24, 2.45) is 0 Å². The van der Waals surface area contributed by atoms with Gasteiger partial charge in [0, 0.05) is 43.2 Å². The van der Waals surface area contributed by atoms with Crippen molar-refractivity contribution in [2.75, 3.05) is 54.8 Å². The van der Waals surface area contributed by atoms with E-state index in [-0.39, 0.29) is 5.91 Å². The lowest BCUT2D eigenvalue weighted by Gasteiger charge is -2.23. The molecular formula is C25H32N6O2. The van der Waals surface area contributed by atoms with Crippen molar-refractivity contribution in [3.8, 4) is 6.07 Å². The van der Waals surface area contributed by atoms with Crippen LogP contribution >= 0.6 is 0 Å². The highest BCUT2D eigenvalue weighted by atomic mass is 16.2. The van der Waals surface area contributed by atoms with E-state index in [9.17, 15) is 9.59 Å². The monoisotopic (exact) mass is 448 g/mol. The zero-order valence-electron chi connectivity index (χ0n) is 19.4. The molecule has 2 aromatic carbocycles. The molecule has 0 spiro atoms. The first-order chi connectivity index (χ1) is 16.0. The minimum atomic E-state index is -0.438. The number of hydrogen-bond acceptors (Lipinski definition) is 5. The number of rotatable bonds is 9. The smallest absolute Gasteiger partial charge is 0.323 e. The van der Waals surface area contributed by atoms with E-state index in [1.165, 1.54) is 0 Å². The maximum Gasteiger partial charge on any atom is 0.323 e. The molecule has 2 aromatic rings. The second kappa shape index (κ2) is 11.9. The first-order valence-corrected chi connectivity index (χ1v) is 11.5. The van der Waals surface area contributed by atoms with Crippen LogP contribution in [0, 0.1) is 11.3 Å². The molecule has 8 heteroatoms. The fourth-order valence-electron chi connectivity index (χ4n) is 3.95. The molecule has 3 N–H and O–H groups in total. The predicted octanol–water partition coefficient (Wildman–Crippen LogP) is 3.87. The summed E-state index contributed by atoms with van der Waals surface area (Å²) in [7, 11) is 0. The Bertz CT molecular complexity index is 1010. The van der Waals surface area contributed by atoms with Gasteiger partial charge in [0.05, 0.1) is 17.2 Å². The molecule has 3 amide bonds. The molecule has 33 heavy (non-hydrogen) atoms. The molecule has 0 aromatic heterocycles. The van der Waals surface area contributed by atoms with Crippen LogP contribution in [0.15, 0.2) is 42.5 Å². The topological polar surface area (TPSA) is 100 Å². The highest BCUT2D eigenvalue weighted by Crippen LogP contribution is 2.27. The molecule has 1 saturated heterocycles. The van der Waals surface area contributed by atoms with Crippen LogP contribution in [0.4, 0.5) is 21.9 Å². The van der Waals surface area contributed by atoms with Gasteiger partial charge in [-0.1, -0.05) is 19.9 Å². The predicted molar refractivity (Wildman–Crippen MR) is 132 cm³/mol. The average molecular weight is 449 g/mol. The first kappa shape index (κ1) is 24.1. The third-order valence-electron chi connectivity index (χ3n) is 5.80. The maximum absolute atomic E-state index is 13.1. The lowest BCUT2D eigenvalue weighted by molar-refractivity contribution is 0.0949. The van der Waals surface area contributed by atoms with Crippen LogP contribution in [0.3, 0.4) is 0 Å². The Balaban J connectivity index is 1.72. The third-order valence-corrected chi connectivity index (χ3v) is 5.80. The number of urea groups is 1. The van der Waals surface area contributed by atoms with E-state index in [0.29, 0.717) is 29.0 Å². The molecular weight excluding hydrogens is 416 g/mol. The zero-order valence-corrected chi connectivity index (χ0v) is 19.4. The summed E-state index contributed by atoms with van der Waals surface area (Å²) in [6.07, 6.45) is 2.21. The Hall–Kier alpha value is -3.57. The summed E-state index contributed by atoms with van der Waals surface area (Å²) in [5.74, 6) is -0.144. The lowest BCUT2D eigenvalue weighted by atomic mass is 10.1. The van der Waals surface area contributed by atoms with Gasteiger partial charge in [-0.3, -0.25) is 4.79 Å². The quantitative estimate of drug-likeness (QED) is 0.541. The van der Waals surface area contributed by atoms with Gasteiger partial charge in [-0.2, -0.15) is 5.26 Å². The van der Waals surface area contributed by atoms with E-state index in [4.69, 9.17) is 5.26 Å². The van der Waals surface area contributed by atoms with E-state index in [0.717, 1.165) is 51.3 Å². The summed E-state index contributed by atoms with van der Waals surface area (Å²) >= 11 is 0. The maximum atomic E-state index is 13.1. The number of amides is 3. The van der Waals surface area contributed by atoms with E-state index >= 15 is 0 Å². The van der Waals surface area contributed by atoms with Crippen LogP contribution in [-0.2, 0) is 0 Å². The Morgan fingerprint density at radius 2 is 1.73 bits per heavy atom. The third kappa shape index (κ3) is 6.70. The van der Waals surface area contributed by atoms with E-state index in [1.807, 2.05) is 12.1 Å². The van der Waals surface area contributed by atoms with Crippen molar-refractivity contribution in [1.29, 1.82) is 5.26 Å². The summed E-state index contributed by atoms with van der Waals surface area (Å²) in [5.41, 5.74) is 2.96. The Labute approximate surface area is 195 Å². The van der Waals surface area contributed by atoms with Gasteiger partial charge < -0.3 is 25.8 Å². The van der Waals surface area contributed by atoms with Crippen LogP contribution < -0.4 is 20.9 Å². The second-order valence-corrected chi connectivity index (χ2v) is 7.98. The molecule has 1 aliphatic heterocycles. The highest BCUT2D eigenvalue weighted by molar-refractivity contribution is 6.04. The van der Waals surface area contributed by atoms with Crippen molar-refractivity contribution in [2.45, 2.75) is 26.7 Å². The van der Waals surface area contributed by atoms with Crippen LogP contribution in [0.25, 0.3) is 0 Å². The molecule has 8 nitrogen and oxygen atoms in total. The zero-order chi connectivity index (χ0) is 23.6. The van der Waals surface area contributed by atoms with Gasteiger partial charge in [-0.05, 0) is 62.3 Å². The van der Waals surface area contributed by atoms with E-state index < -0.39 is 6.03 Å². The van der Waals surface area contributed by atoms with E-state index in [1.54, 1.807) is 30.3 Å². The van der Waals surface area contributed by atoms with Crippen molar-refractivity contribution in [3.63, 3.8) is 0 Å². The Morgan fingerprint density at radius 1 is 1.03 bits per heavy atom. The Morgan fingerprint density at radius 3 is 2.39 bits per heavy atom. The van der Waals surface area contributed by atoms with Gasteiger partial charge >= 0.3 is 6.03 Å². The molecule has 0 radical (unpaired) electrons. The molecule has 0 aliphatic carbocycles. The molecule has 3 rings (SSSR count). The number of hydrogen-bond donors (Lipinski definition) is 3. The summed E-state index contributed by atoms with van der Waals surface area (Å²) in [5, 5.41) is 17.6. The van der Waals surface area contributed by atoms with Crippen molar-refractivity contribution >= 4 is 29.0 Å². The molecule has 1 aliphatic rings. The minimum Gasteiger partial charge on any atom is -0.371 e. The van der Waals surface area contributed by atoms with Gasteiger partial charge in [0.2, 0.25) is 0 Å². The van der Waals surface area contributed by atoms with Crippen molar-refractivity contribution in [1.82, 2.24) is 10.2 Å². The van der Waals surface area contributed by atoms with Crippen LogP contribution in [0.1, 0.15) is 42.6 Å². The molecule has 0 saturated carbocycles. The van der Waals surface area contributed by atoms with Gasteiger partial charge in [-0.15, -0.1) is 0 Å². The summed E-state index contributed by atoms with van der Waals surface area (Å²) in [6, 6.07) is 13.7. The number of anilines is 3. The van der Waals surface area contributed by atoms with Gasteiger partial charge in [0.1, 0.15) is 0 Å². The van der Waals surface area contributed by atoms with Crippen molar-refractivity contribution < 1.29 is 9.59 Å². The molecule has 1 fully saturated rings. The number of nitrogens with zero attached hydrogens (tertiary/aromatic N) is 3. The SMILES string of the molecule is CCN(CC)CCNC(=O)c1cc(NC(=O)Nc2cccc(C#N)c2)ccc1N1CCCC1. The first-order valence-electron chi connectivity index (χ1n) is 11.5. The van der Waals surface area contributed by atoms with Crippen LogP contribution in [0.2, 0.25) is 0 Å². The summed E-state index contributed by atoms with van der Waals surface area (Å²) in [4.78, 5) is 30.0. The molecule has 0 atom stereocenters. The van der Waals surface area contributed by atoms with Crippen molar-refractivity contribution in [3.05, 3.63) is 53.6 Å². The normalized spacial score (nSPS) is 13.0. The Kier molecular flexibility index (Phi) is 8.67. The summed E-state index contributed by atoms with van der Waals surface area (Å²) < 4.78 is 0. The minimum absolute atomic E-state index is 0.144. The highest BCUT2D eigenvalue weighted by Gasteiger charge is 2.20.